The van der Waals surface area contributed by atoms with E-state index in [9.17, 15) is 0 Å². The second-order valence-corrected chi connectivity index (χ2v) is 3.63. The molecule has 0 heterocycles. The second kappa shape index (κ2) is 7.55. The van der Waals surface area contributed by atoms with Gasteiger partial charge < -0.3 is 4.74 Å². The summed E-state index contributed by atoms with van der Waals surface area (Å²) in [6.07, 6.45) is 2.48. The first-order valence-electron chi connectivity index (χ1n) is 3.91. The fourth-order valence-corrected chi connectivity index (χ4v) is 0.979. The Morgan fingerprint density at radius 3 is 2.50 bits per heavy atom. The normalized spacial score (nSPS) is 10.8. The van der Waals surface area contributed by atoms with Crippen LogP contribution in [0, 0.1) is 5.92 Å². The topological polar surface area (TPSA) is 9.23 Å². The highest BCUT2D eigenvalue weighted by molar-refractivity contribution is 9.09. The van der Waals surface area contributed by atoms with Crippen LogP contribution in [0.2, 0.25) is 0 Å². The van der Waals surface area contributed by atoms with Crippen LogP contribution < -0.4 is 0 Å². The van der Waals surface area contributed by atoms with Gasteiger partial charge in [0.2, 0.25) is 0 Å². The van der Waals surface area contributed by atoms with E-state index in [2.05, 4.69) is 29.8 Å². The molecular weight excluding hydrogens is 192 g/mol. The Labute approximate surface area is 72.3 Å². The van der Waals surface area contributed by atoms with Gasteiger partial charge in [0.1, 0.15) is 0 Å². The number of rotatable bonds is 6. The van der Waals surface area contributed by atoms with Gasteiger partial charge in [-0.3, -0.25) is 0 Å². The van der Waals surface area contributed by atoms with Crippen molar-refractivity contribution in [2.75, 3.05) is 18.5 Å². The fraction of sp³-hybridized carbons (Fsp3) is 1.00. The minimum Gasteiger partial charge on any atom is -0.381 e. The van der Waals surface area contributed by atoms with Crippen molar-refractivity contribution in [3.8, 4) is 0 Å². The first kappa shape index (κ1) is 10.4. The summed E-state index contributed by atoms with van der Waals surface area (Å²) in [5, 5.41) is 0.953. The molecule has 0 fully saturated rings. The van der Waals surface area contributed by atoms with Gasteiger partial charge in [-0.05, 0) is 18.8 Å². The Kier molecular flexibility index (Phi) is 7.88. The Hall–Kier alpha value is 0.440. The molecule has 62 valence electrons. The lowest BCUT2D eigenvalue weighted by molar-refractivity contribution is 0.143. The summed E-state index contributed by atoms with van der Waals surface area (Å²) in [6.45, 7) is 6.25. The average Bonchev–Trinajstić information content (AvgIpc) is 1.87. The lowest BCUT2D eigenvalue weighted by atomic mass is 10.1. The van der Waals surface area contributed by atoms with E-state index in [-0.39, 0.29) is 0 Å². The second-order valence-electron chi connectivity index (χ2n) is 2.84. The van der Waals surface area contributed by atoms with Crippen LogP contribution in [-0.2, 0) is 4.74 Å². The van der Waals surface area contributed by atoms with Crippen molar-refractivity contribution in [2.45, 2.75) is 26.7 Å². The van der Waals surface area contributed by atoms with E-state index in [1.54, 1.807) is 0 Å². The van der Waals surface area contributed by atoms with Crippen molar-refractivity contribution in [3.05, 3.63) is 0 Å². The van der Waals surface area contributed by atoms with E-state index in [1.165, 1.54) is 12.8 Å². The Balaban J connectivity index is 2.77. The fourth-order valence-electron chi connectivity index (χ4n) is 0.750. The first-order chi connectivity index (χ1) is 4.77. The third-order valence-corrected chi connectivity index (χ3v) is 1.62. The molecule has 0 bridgehead atoms. The van der Waals surface area contributed by atoms with Crippen molar-refractivity contribution in [1.29, 1.82) is 0 Å². The molecule has 0 aromatic rings. The molecule has 0 N–H and O–H groups in total. The predicted octanol–water partition coefficient (Wildman–Crippen LogP) is 2.83. The van der Waals surface area contributed by atoms with E-state index in [1.807, 2.05) is 0 Å². The van der Waals surface area contributed by atoms with Gasteiger partial charge in [0.15, 0.2) is 0 Å². The van der Waals surface area contributed by atoms with Crippen molar-refractivity contribution < 1.29 is 4.74 Å². The molecule has 0 saturated carbocycles. The van der Waals surface area contributed by atoms with E-state index in [4.69, 9.17) is 4.74 Å². The van der Waals surface area contributed by atoms with E-state index < -0.39 is 0 Å². The van der Waals surface area contributed by atoms with Crippen LogP contribution in [0.15, 0.2) is 0 Å². The standard InChI is InChI=1S/C8H17BrO/c1-8(2)4-3-6-10-7-5-9/h8H,3-7H2,1-2H3. The number of ether oxygens (including phenoxy) is 1. The first-order valence-corrected chi connectivity index (χ1v) is 5.03. The molecule has 0 saturated heterocycles. The maximum atomic E-state index is 5.29. The molecule has 0 aromatic carbocycles. The van der Waals surface area contributed by atoms with Crippen molar-refractivity contribution in [2.24, 2.45) is 5.92 Å². The van der Waals surface area contributed by atoms with Crippen LogP contribution in [0.25, 0.3) is 0 Å². The Morgan fingerprint density at radius 2 is 2.00 bits per heavy atom. The number of hydrogen-bond acceptors (Lipinski definition) is 1. The van der Waals surface area contributed by atoms with Crippen LogP contribution in [0.1, 0.15) is 26.7 Å². The summed E-state index contributed by atoms with van der Waals surface area (Å²) in [5.41, 5.74) is 0. The summed E-state index contributed by atoms with van der Waals surface area (Å²) in [6, 6.07) is 0. The van der Waals surface area contributed by atoms with Gasteiger partial charge in [-0.2, -0.15) is 0 Å². The van der Waals surface area contributed by atoms with Gasteiger partial charge in [0.05, 0.1) is 6.61 Å². The van der Waals surface area contributed by atoms with Crippen LogP contribution in [0.4, 0.5) is 0 Å². The number of halogens is 1. The SMILES string of the molecule is CC(C)CCCOCCBr. The summed E-state index contributed by atoms with van der Waals surface area (Å²) < 4.78 is 5.29. The molecule has 0 unspecified atom stereocenters. The largest absolute Gasteiger partial charge is 0.381 e. The molecule has 0 spiro atoms. The lowest BCUT2D eigenvalue weighted by Crippen LogP contribution is -1.99. The van der Waals surface area contributed by atoms with Crippen LogP contribution in [-0.4, -0.2) is 18.5 Å². The average molecular weight is 209 g/mol. The van der Waals surface area contributed by atoms with E-state index >= 15 is 0 Å². The number of alkyl halides is 1. The molecule has 0 aromatic heterocycles. The minimum absolute atomic E-state index is 0.813. The molecule has 0 atom stereocenters. The molecule has 2 heteroatoms. The van der Waals surface area contributed by atoms with Crippen LogP contribution in [0.5, 0.6) is 0 Å². The van der Waals surface area contributed by atoms with E-state index in [0.717, 1.165) is 24.5 Å². The molecule has 0 aliphatic rings. The summed E-state index contributed by atoms with van der Waals surface area (Å²) >= 11 is 3.31. The molecule has 0 rings (SSSR count). The van der Waals surface area contributed by atoms with Crippen molar-refractivity contribution in [1.82, 2.24) is 0 Å². The Bertz CT molecular complexity index is 64.3. The van der Waals surface area contributed by atoms with Crippen LogP contribution >= 0.6 is 15.9 Å². The monoisotopic (exact) mass is 208 g/mol. The van der Waals surface area contributed by atoms with Gasteiger partial charge in [-0.15, -0.1) is 0 Å². The molecule has 0 aliphatic carbocycles. The number of hydrogen-bond donors (Lipinski definition) is 0. The zero-order valence-electron chi connectivity index (χ0n) is 6.90. The smallest absolute Gasteiger partial charge is 0.0563 e. The van der Waals surface area contributed by atoms with Gasteiger partial charge >= 0.3 is 0 Å². The van der Waals surface area contributed by atoms with E-state index in [0.29, 0.717) is 0 Å². The summed E-state index contributed by atoms with van der Waals surface area (Å²) in [5.74, 6) is 0.813. The third-order valence-electron chi connectivity index (χ3n) is 1.29. The third kappa shape index (κ3) is 8.44. The zero-order chi connectivity index (χ0) is 7.82. The van der Waals surface area contributed by atoms with Crippen molar-refractivity contribution in [3.63, 3.8) is 0 Å². The lowest BCUT2D eigenvalue weighted by Gasteiger charge is -2.03. The summed E-state index contributed by atoms with van der Waals surface area (Å²) in [4.78, 5) is 0. The molecule has 0 amide bonds. The van der Waals surface area contributed by atoms with Crippen LogP contribution in [0.3, 0.4) is 0 Å². The van der Waals surface area contributed by atoms with Gasteiger partial charge in [0, 0.05) is 11.9 Å². The maximum Gasteiger partial charge on any atom is 0.0563 e. The quantitative estimate of drug-likeness (QED) is 0.482. The molecule has 10 heavy (non-hydrogen) atoms. The zero-order valence-corrected chi connectivity index (χ0v) is 8.49. The molecular formula is C8H17BrO. The van der Waals surface area contributed by atoms with Gasteiger partial charge in [-0.25, -0.2) is 0 Å². The van der Waals surface area contributed by atoms with Crippen molar-refractivity contribution >= 4 is 15.9 Å². The van der Waals surface area contributed by atoms with Gasteiger partial charge in [-0.1, -0.05) is 29.8 Å². The minimum atomic E-state index is 0.813. The highest BCUT2D eigenvalue weighted by Crippen LogP contribution is 2.02. The molecule has 0 radical (unpaired) electrons. The predicted molar refractivity (Wildman–Crippen MR) is 48.7 cm³/mol. The Morgan fingerprint density at radius 1 is 1.30 bits per heavy atom. The summed E-state index contributed by atoms with van der Waals surface area (Å²) in [7, 11) is 0. The van der Waals surface area contributed by atoms with Gasteiger partial charge in [0.25, 0.3) is 0 Å². The molecule has 0 aliphatic heterocycles. The maximum absolute atomic E-state index is 5.29. The highest BCUT2D eigenvalue weighted by atomic mass is 79.9. The highest BCUT2D eigenvalue weighted by Gasteiger charge is 1.92. The molecule has 1 nitrogen and oxygen atoms in total.